The van der Waals surface area contributed by atoms with E-state index in [2.05, 4.69) is 37.4 Å². The van der Waals surface area contributed by atoms with Gasteiger partial charge >= 0.3 is 0 Å². The van der Waals surface area contributed by atoms with E-state index in [-0.39, 0.29) is 18.4 Å². The van der Waals surface area contributed by atoms with Gasteiger partial charge in [-0.15, -0.1) is 0 Å². The summed E-state index contributed by atoms with van der Waals surface area (Å²) in [4.78, 5) is 26.1. The zero-order chi connectivity index (χ0) is 22.8. The van der Waals surface area contributed by atoms with E-state index in [4.69, 9.17) is 14.6 Å². The SMILES string of the molecule is O=C(N[C@H]1CN2CCC1CC2)c1n[nH]c2cc(N3CCC(OCC4CC4)C3)ccc12.O=CO. The molecule has 1 aromatic carbocycles. The van der Waals surface area contributed by atoms with Crippen LogP contribution in [0.2, 0.25) is 0 Å². The average molecular weight is 456 g/mol. The molecule has 4 saturated heterocycles. The molecule has 1 aromatic heterocycles. The first-order valence-corrected chi connectivity index (χ1v) is 12.1. The van der Waals surface area contributed by atoms with Crippen LogP contribution in [-0.2, 0) is 9.53 Å². The summed E-state index contributed by atoms with van der Waals surface area (Å²) in [6.45, 7) is 5.96. The zero-order valence-corrected chi connectivity index (χ0v) is 18.9. The van der Waals surface area contributed by atoms with E-state index in [1.807, 2.05) is 6.07 Å². The van der Waals surface area contributed by atoms with Gasteiger partial charge in [-0.1, -0.05) is 0 Å². The molecular weight excluding hydrogens is 422 g/mol. The summed E-state index contributed by atoms with van der Waals surface area (Å²) in [6, 6.07) is 6.53. The van der Waals surface area contributed by atoms with E-state index in [0.29, 0.717) is 17.7 Å². The molecule has 9 heteroatoms. The topological polar surface area (TPSA) is 111 Å². The highest BCUT2D eigenvalue weighted by atomic mass is 16.5. The molecule has 1 saturated carbocycles. The predicted molar refractivity (Wildman–Crippen MR) is 124 cm³/mol. The Labute approximate surface area is 193 Å². The van der Waals surface area contributed by atoms with Gasteiger partial charge in [0.2, 0.25) is 0 Å². The minimum Gasteiger partial charge on any atom is -0.483 e. The summed E-state index contributed by atoms with van der Waals surface area (Å²) < 4.78 is 6.08. The maximum atomic E-state index is 12.9. The molecule has 2 atom stereocenters. The summed E-state index contributed by atoms with van der Waals surface area (Å²) in [5, 5.41) is 18.5. The molecule has 7 rings (SSSR count). The third-order valence-electron chi connectivity index (χ3n) is 7.51. The van der Waals surface area contributed by atoms with Crippen LogP contribution in [0, 0.1) is 11.8 Å². The van der Waals surface area contributed by atoms with Gasteiger partial charge in [-0.2, -0.15) is 5.10 Å². The van der Waals surface area contributed by atoms with Gasteiger partial charge in [-0.3, -0.25) is 14.7 Å². The van der Waals surface area contributed by atoms with E-state index in [0.717, 1.165) is 49.5 Å². The fourth-order valence-electron chi connectivity index (χ4n) is 5.40. The fraction of sp³-hybridized carbons (Fsp3) is 0.625. The van der Waals surface area contributed by atoms with Gasteiger partial charge in [0.15, 0.2) is 5.69 Å². The molecule has 3 N–H and O–H groups in total. The van der Waals surface area contributed by atoms with Gasteiger partial charge in [0, 0.05) is 43.4 Å². The van der Waals surface area contributed by atoms with Crippen molar-refractivity contribution < 1.29 is 19.4 Å². The first-order valence-electron chi connectivity index (χ1n) is 12.1. The van der Waals surface area contributed by atoms with Gasteiger partial charge in [0.1, 0.15) is 0 Å². The van der Waals surface area contributed by atoms with Crippen molar-refractivity contribution in [2.75, 3.05) is 44.2 Å². The van der Waals surface area contributed by atoms with Gasteiger partial charge in [0.05, 0.1) is 11.6 Å². The van der Waals surface area contributed by atoms with Gasteiger partial charge in [-0.25, -0.2) is 0 Å². The number of H-pyrrole nitrogens is 1. The number of anilines is 1. The minimum atomic E-state index is -0.250. The molecule has 0 spiro atoms. The molecule has 5 aliphatic rings. The van der Waals surface area contributed by atoms with Crippen molar-refractivity contribution in [3.05, 3.63) is 23.9 Å². The van der Waals surface area contributed by atoms with Crippen LogP contribution in [0.15, 0.2) is 18.2 Å². The van der Waals surface area contributed by atoms with Crippen molar-refractivity contribution in [1.29, 1.82) is 0 Å². The summed E-state index contributed by atoms with van der Waals surface area (Å²) in [7, 11) is 0. The Hall–Kier alpha value is -2.65. The van der Waals surface area contributed by atoms with Crippen molar-refractivity contribution in [3.8, 4) is 0 Å². The highest BCUT2D eigenvalue weighted by molar-refractivity contribution is 6.05. The molecule has 0 radical (unpaired) electrons. The average Bonchev–Trinajstić information content (AvgIpc) is 3.37. The van der Waals surface area contributed by atoms with Crippen LogP contribution >= 0.6 is 0 Å². The van der Waals surface area contributed by atoms with Crippen molar-refractivity contribution in [1.82, 2.24) is 20.4 Å². The lowest BCUT2D eigenvalue weighted by atomic mass is 9.84. The van der Waals surface area contributed by atoms with E-state index >= 15 is 0 Å². The first-order chi connectivity index (χ1) is 16.1. The number of ether oxygens (including phenoxy) is 1. The summed E-state index contributed by atoms with van der Waals surface area (Å²) >= 11 is 0. The molecule has 2 bridgehead atoms. The summed E-state index contributed by atoms with van der Waals surface area (Å²) in [5.74, 6) is 1.37. The molecule has 5 heterocycles. The first kappa shape index (κ1) is 22.2. The van der Waals surface area contributed by atoms with Crippen LogP contribution in [-0.4, -0.2) is 84.1 Å². The smallest absolute Gasteiger partial charge is 0.290 e. The number of amides is 1. The third kappa shape index (κ3) is 4.99. The van der Waals surface area contributed by atoms with Crippen molar-refractivity contribution in [2.45, 2.75) is 44.2 Å². The molecule has 9 nitrogen and oxygen atoms in total. The molecule has 1 amide bonds. The Bertz CT molecular complexity index is 982. The quantitative estimate of drug-likeness (QED) is 0.572. The van der Waals surface area contributed by atoms with E-state index in [1.54, 1.807) is 0 Å². The lowest BCUT2D eigenvalue weighted by Gasteiger charge is -2.44. The maximum absolute atomic E-state index is 12.9. The Balaban J connectivity index is 0.000000724. The number of nitrogens with one attached hydrogen (secondary N) is 2. The van der Waals surface area contributed by atoms with Crippen molar-refractivity contribution in [2.24, 2.45) is 11.8 Å². The molecule has 178 valence electrons. The number of hydrogen-bond acceptors (Lipinski definition) is 6. The second-order valence-electron chi connectivity index (χ2n) is 9.76. The minimum absolute atomic E-state index is 0.0533. The number of aromatic nitrogens is 2. The van der Waals surface area contributed by atoms with Crippen LogP contribution in [0.1, 0.15) is 42.6 Å². The van der Waals surface area contributed by atoms with E-state index in [9.17, 15) is 4.79 Å². The lowest BCUT2D eigenvalue weighted by molar-refractivity contribution is -0.122. The normalized spacial score (nSPS) is 28.4. The monoisotopic (exact) mass is 455 g/mol. The highest BCUT2D eigenvalue weighted by Crippen LogP contribution is 2.32. The van der Waals surface area contributed by atoms with Crippen LogP contribution in [0.3, 0.4) is 0 Å². The second kappa shape index (κ2) is 9.69. The molecule has 1 aliphatic carbocycles. The number of rotatable bonds is 6. The van der Waals surface area contributed by atoms with Crippen LogP contribution in [0.25, 0.3) is 10.9 Å². The Morgan fingerprint density at radius 2 is 1.97 bits per heavy atom. The lowest BCUT2D eigenvalue weighted by Crippen LogP contribution is -2.57. The number of aromatic amines is 1. The molecule has 1 unspecified atom stereocenters. The molecule has 4 aliphatic heterocycles. The van der Waals surface area contributed by atoms with Crippen molar-refractivity contribution >= 4 is 29.0 Å². The second-order valence-corrected chi connectivity index (χ2v) is 9.76. The van der Waals surface area contributed by atoms with Crippen LogP contribution in [0.5, 0.6) is 0 Å². The van der Waals surface area contributed by atoms with Crippen LogP contribution < -0.4 is 10.2 Å². The summed E-state index contributed by atoms with van der Waals surface area (Å²) in [6.07, 6.45) is 6.48. The Morgan fingerprint density at radius 3 is 2.67 bits per heavy atom. The van der Waals surface area contributed by atoms with E-state index < -0.39 is 0 Å². The summed E-state index contributed by atoms with van der Waals surface area (Å²) in [5.41, 5.74) is 2.61. The molecular formula is C24H33N5O4. The number of hydrogen-bond donors (Lipinski definition) is 3. The number of benzene rings is 1. The fourth-order valence-corrected chi connectivity index (χ4v) is 5.40. The van der Waals surface area contributed by atoms with Gasteiger partial charge in [-0.05, 0) is 75.2 Å². The van der Waals surface area contributed by atoms with Gasteiger partial charge in [0.25, 0.3) is 12.4 Å². The van der Waals surface area contributed by atoms with Crippen LogP contribution in [0.4, 0.5) is 5.69 Å². The zero-order valence-electron chi connectivity index (χ0n) is 18.9. The van der Waals surface area contributed by atoms with Gasteiger partial charge < -0.3 is 25.0 Å². The number of carbonyl (C=O) groups is 2. The maximum Gasteiger partial charge on any atom is 0.290 e. The molecule has 2 aromatic rings. The number of carbonyl (C=O) groups excluding carboxylic acids is 1. The molecule has 33 heavy (non-hydrogen) atoms. The number of carboxylic acid groups (broad SMARTS) is 1. The standard InChI is InChI=1S/C23H31N5O2.CH2O2/c29-23(24-21-13-27-8-5-16(21)6-9-27)22-19-4-3-17(11-20(19)25-26-22)28-10-7-18(12-28)30-14-15-1-2-15;2-1-3/h3-4,11,15-16,18,21H,1-2,5-10,12-14H2,(H,24,29)(H,25,26);1H,(H,2,3)/t18?,21-;/m0./s1. The number of fused-ring (bicyclic) bond motifs is 4. The highest BCUT2D eigenvalue weighted by Gasteiger charge is 2.35. The third-order valence-corrected chi connectivity index (χ3v) is 7.51. The Morgan fingerprint density at radius 1 is 1.18 bits per heavy atom. The number of piperidine rings is 3. The molecule has 5 fully saturated rings. The number of nitrogens with zero attached hydrogens (tertiary/aromatic N) is 3. The largest absolute Gasteiger partial charge is 0.483 e. The van der Waals surface area contributed by atoms with Crippen molar-refractivity contribution in [3.63, 3.8) is 0 Å². The predicted octanol–water partition coefficient (Wildman–Crippen LogP) is 2.09. The van der Waals surface area contributed by atoms with E-state index in [1.165, 1.54) is 44.5 Å². The Kier molecular flexibility index (Phi) is 6.50.